The summed E-state index contributed by atoms with van der Waals surface area (Å²) in [7, 11) is 0. The van der Waals surface area contributed by atoms with Gasteiger partial charge in [-0.1, -0.05) is 23.7 Å². The van der Waals surface area contributed by atoms with Crippen molar-refractivity contribution in [2.75, 3.05) is 0 Å². The fraction of sp³-hybridized carbons (Fsp3) is 0.105. The van der Waals surface area contributed by atoms with E-state index in [1.165, 1.54) is 0 Å². The summed E-state index contributed by atoms with van der Waals surface area (Å²) in [5, 5.41) is 1.40. The van der Waals surface area contributed by atoms with Gasteiger partial charge in [0.2, 0.25) is 0 Å². The maximum atomic E-state index is 12.3. The van der Waals surface area contributed by atoms with Crippen LogP contribution < -0.4 is 11.2 Å². The van der Waals surface area contributed by atoms with Gasteiger partial charge >= 0.3 is 5.69 Å². The minimum absolute atomic E-state index is 0.312. The van der Waals surface area contributed by atoms with E-state index in [0.29, 0.717) is 16.4 Å². The summed E-state index contributed by atoms with van der Waals surface area (Å²) in [6.45, 7) is 4.04. The molecule has 0 spiro atoms. The number of H-pyrrole nitrogens is 1. The van der Waals surface area contributed by atoms with Crippen molar-refractivity contribution in [1.82, 2.24) is 14.5 Å². The normalized spacial score (nSPS) is 11.3. The Morgan fingerprint density at radius 2 is 1.80 bits per heavy atom. The molecule has 25 heavy (non-hydrogen) atoms. The molecule has 0 aromatic heterocycles. The molecule has 2 aromatic carbocycles. The molecule has 0 amide bonds. The summed E-state index contributed by atoms with van der Waals surface area (Å²) in [5.74, 6) is 0.312. The Hall–Kier alpha value is -2.92. The molecule has 1 N–H and O–H groups in total. The van der Waals surface area contributed by atoms with E-state index in [0.717, 1.165) is 27.7 Å². The van der Waals surface area contributed by atoms with Crippen molar-refractivity contribution in [1.29, 1.82) is 0 Å². The van der Waals surface area contributed by atoms with E-state index in [2.05, 4.69) is 9.97 Å². The van der Waals surface area contributed by atoms with Crippen molar-refractivity contribution >= 4 is 22.5 Å². The highest BCUT2D eigenvalue weighted by Crippen LogP contribution is 2.30. The molecule has 5 nitrogen and oxygen atoms in total. The number of hydrogen-bond acceptors (Lipinski definition) is 3. The molecule has 6 heteroatoms. The van der Waals surface area contributed by atoms with E-state index in [-0.39, 0.29) is 0 Å². The number of halogens is 1. The SMILES string of the molecule is Cc1ccc(-n2c3nc(=O)[nH]c(=O)c-3cc3ccc(Cl)cc32)cc1C. The zero-order valence-electron chi connectivity index (χ0n) is 13.6. The van der Waals surface area contributed by atoms with Crippen LogP contribution in [0.4, 0.5) is 0 Å². The first-order valence-electron chi connectivity index (χ1n) is 7.77. The highest BCUT2D eigenvalue weighted by molar-refractivity contribution is 6.31. The van der Waals surface area contributed by atoms with Crippen molar-refractivity contribution in [3.05, 3.63) is 79.5 Å². The predicted molar refractivity (Wildman–Crippen MR) is 99.1 cm³/mol. The second-order valence-corrected chi connectivity index (χ2v) is 6.50. The zero-order valence-corrected chi connectivity index (χ0v) is 14.4. The number of nitrogens with one attached hydrogen (secondary N) is 1. The molecular weight excluding hydrogens is 338 g/mol. The zero-order chi connectivity index (χ0) is 17.7. The van der Waals surface area contributed by atoms with Crippen LogP contribution in [0.1, 0.15) is 11.1 Å². The number of rotatable bonds is 1. The maximum absolute atomic E-state index is 12.3. The van der Waals surface area contributed by atoms with E-state index in [9.17, 15) is 9.59 Å². The molecule has 2 aromatic rings. The number of fused-ring (bicyclic) bond motifs is 2. The second-order valence-electron chi connectivity index (χ2n) is 6.06. The van der Waals surface area contributed by atoms with Gasteiger partial charge in [-0.3, -0.25) is 14.3 Å². The maximum Gasteiger partial charge on any atom is 0.349 e. The van der Waals surface area contributed by atoms with Crippen molar-refractivity contribution in [3.63, 3.8) is 0 Å². The molecule has 0 bridgehead atoms. The lowest BCUT2D eigenvalue weighted by molar-refractivity contribution is 0.958. The van der Waals surface area contributed by atoms with Crippen LogP contribution in [-0.2, 0) is 0 Å². The van der Waals surface area contributed by atoms with E-state index >= 15 is 0 Å². The number of hydrogen-bond donors (Lipinski definition) is 1. The Bertz CT molecular complexity index is 1220. The number of aromatic nitrogens is 3. The van der Waals surface area contributed by atoms with Crippen LogP contribution in [0.5, 0.6) is 0 Å². The van der Waals surface area contributed by atoms with Crippen LogP contribution >= 0.6 is 11.6 Å². The van der Waals surface area contributed by atoms with Crippen LogP contribution in [0, 0.1) is 13.8 Å². The molecule has 4 rings (SSSR count). The predicted octanol–water partition coefficient (Wildman–Crippen LogP) is 3.45. The minimum atomic E-state index is -0.670. The number of aromatic amines is 1. The molecular formula is C19H14ClN3O2. The standard InChI is InChI=1S/C19H14ClN3O2/c1-10-3-6-14(7-11(10)2)23-16-9-13(20)5-4-12(16)8-15-17(23)21-19(25)22-18(15)24/h3-9H,1-2H3,(H,22,24,25). The van der Waals surface area contributed by atoms with Crippen LogP contribution in [0.2, 0.25) is 5.02 Å². The summed E-state index contributed by atoms with van der Waals surface area (Å²) in [6, 6.07) is 13.1. The molecule has 0 aliphatic carbocycles. The largest absolute Gasteiger partial charge is 0.349 e. The molecule has 124 valence electrons. The quantitative estimate of drug-likeness (QED) is 0.534. The average molecular weight is 352 g/mol. The van der Waals surface area contributed by atoms with Crippen molar-refractivity contribution in [2.45, 2.75) is 13.8 Å². The van der Waals surface area contributed by atoms with Crippen LogP contribution in [0.3, 0.4) is 0 Å². The van der Waals surface area contributed by atoms with Gasteiger partial charge in [-0.25, -0.2) is 4.79 Å². The Morgan fingerprint density at radius 3 is 2.56 bits per heavy atom. The Kier molecular flexibility index (Phi) is 3.47. The van der Waals surface area contributed by atoms with Crippen molar-refractivity contribution in [2.24, 2.45) is 0 Å². The first-order chi connectivity index (χ1) is 11.9. The Balaban J connectivity index is 2.25. The third-order valence-electron chi connectivity index (χ3n) is 4.41. The van der Waals surface area contributed by atoms with Crippen LogP contribution in [0.25, 0.3) is 28.0 Å². The highest BCUT2D eigenvalue weighted by Gasteiger charge is 2.18. The highest BCUT2D eigenvalue weighted by atomic mass is 35.5. The number of pyridine rings is 1. The van der Waals surface area contributed by atoms with Gasteiger partial charge in [0.05, 0.1) is 11.1 Å². The third kappa shape index (κ3) is 2.53. The lowest BCUT2D eigenvalue weighted by atomic mass is 10.1. The summed E-state index contributed by atoms with van der Waals surface area (Å²) in [6.07, 6.45) is 0. The smallest absolute Gasteiger partial charge is 0.294 e. The fourth-order valence-corrected chi connectivity index (χ4v) is 3.15. The summed E-state index contributed by atoms with van der Waals surface area (Å²) in [5.41, 5.74) is 3.08. The number of aryl methyl sites for hydroxylation is 2. The van der Waals surface area contributed by atoms with Gasteiger partial charge in [-0.2, -0.15) is 4.98 Å². The summed E-state index contributed by atoms with van der Waals surface area (Å²) < 4.78 is 1.81. The molecule has 0 atom stereocenters. The van der Waals surface area contributed by atoms with Crippen molar-refractivity contribution < 1.29 is 0 Å². The monoisotopic (exact) mass is 351 g/mol. The minimum Gasteiger partial charge on any atom is -0.294 e. The summed E-state index contributed by atoms with van der Waals surface area (Å²) in [4.78, 5) is 30.4. The molecule has 0 radical (unpaired) electrons. The van der Waals surface area contributed by atoms with E-state index < -0.39 is 11.2 Å². The van der Waals surface area contributed by atoms with Gasteiger partial charge in [-0.05, 0) is 60.7 Å². The number of benzene rings is 2. The third-order valence-corrected chi connectivity index (χ3v) is 4.64. The van der Waals surface area contributed by atoms with Crippen LogP contribution in [0.15, 0.2) is 52.1 Å². The van der Waals surface area contributed by atoms with Gasteiger partial charge in [-0.15, -0.1) is 0 Å². The molecule has 0 saturated heterocycles. The molecule has 2 aliphatic rings. The first-order valence-corrected chi connectivity index (χ1v) is 8.15. The lowest BCUT2D eigenvalue weighted by Gasteiger charge is -2.18. The number of nitrogens with zero attached hydrogens (tertiary/aromatic N) is 2. The summed E-state index contributed by atoms with van der Waals surface area (Å²) >= 11 is 6.18. The first kappa shape index (κ1) is 15.6. The van der Waals surface area contributed by atoms with Gasteiger partial charge in [0.15, 0.2) is 5.82 Å². The molecule has 0 unspecified atom stereocenters. The molecule has 0 fully saturated rings. The molecule has 2 heterocycles. The van der Waals surface area contributed by atoms with E-state index in [1.54, 1.807) is 22.8 Å². The molecule has 0 saturated carbocycles. The van der Waals surface area contributed by atoms with E-state index in [4.69, 9.17) is 11.6 Å². The Labute approximate surface area is 147 Å². The van der Waals surface area contributed by atoms with Gasteiger partial charge in [0.25, 0.3) is 5.56 Å². The van der Waals surface area contributed by atoms with Gasteiger partial charge in [0, 0.05) is 10.7 Å². The van der Waals surface area contributed by atoms with Gasteiger partial charge in [0.1, 0.15) is 0 Å². The lowest BCUT2D eigenvalue weighted by Crippen LogP contribution is -2.27. The topological polar surface area (TPSA) is 67.8 Å². The van der Waals surface area contributed by atoms with Crippen molar-refractivity contribution in [3.8, 4) is 17.1 Å². The van der Waals surface area contributed by atoms with Gasteiger partial charge < -0.3 is 0 Å². The fourth-order valence-electron chi connectivity index (χ4n) is 2.98. The average Bonchev–Trinajstić information content (AvgIpc) is 2.56. The van der Waals surface area contributed by atoms with Crippen LogP contribution in [-0.4, -0.2) is 14.5 Å². The molecule has 2 aliphatic heterocycles. The second kappa shape index (κ2) is 5.57. The Morgan fingerprint density at radius 1 is 1.00 bits per heavy atom. The van der Waals surface area contributed by atoms with E-state index in [1.807, 2.05) is 38.1 Å².